The van der Waals surface area contributed by atoms with E-state index in [0.717, 1.165) is 0 Å². The summed E-state index contributed by atoms with van der Waals surface area (Å²) in [6.07, 6.45) is 0.468. The summed E-state index contributed by atoms with van der Waals surface area (Å²) < 4.78 is 5.24. The number of carboxylic acids is 1. The largest absolute Gasteiger partial charge is 0.481 e. The average Bonchev–Trinajstić information content (AvgIpc) is 3.05. The third-order valence-corrected chi connectivity index (χ3v) is 4.59. The molecule has 2 heterocycles. The number of aromatic nitrogens is 1. The Morgan fingerprint density at radius 3 is 2.45 bits per heavy atom. The minimum absolute atomic E-state index is 0.0368. The van der Waals surface area contributed by atoms with Gasteiger partial charge < -0.3 is 14.5 Å². The Hall–Kier alpha value is -1.85. The molecule has 1 unspecified atom stereocenters. The van der Waals surface area contributed by atoms with Crippen LogP contribution >= 0.6 is 0 Å². The van der Waals surface area contributed by atoms with Crippen LogP contribution in [0.1, 0.15) is 57.3 Å². The van der Waals surface area contributed by atoms with E-state index in [1.165, 1.54) is 0 Å². The SMILES string of the molecule is CC(C)C1(C(=O)O)CCN(C(=O)c2cc(C(C)(C)C)on2)C1. The normalized spacial score (nSPS) is 22.4. The highest BCUT2D eigenvalue weighted by Gasteiger charge is 2.48. The van der Waals surface area contributed by atoms with Gasteiger partial charge in [-0.15, -0.1) is 0 Å². The van der Waals surface area contributed by atoms with Crippen LogP contribution in [-0.4, -0.2) is 40.1 Å². The molecule has 1 saturated heterocycles. The van der Waals surface area contributed by atoms with Crippen molar-refractivity contribution in [2.75, 3.05) is 13.1 Å². The van der Waals surface area contributed by atoms with Gasteiger partial charge in [0.25, 0.3) is 5.91 Å². The molecule has 0 saturated carbocycles. The average molecular weight is 308 g/mol. The van der Waals surface area contributed by atoms with E-state index in [2.05, 4.69) is 5.16 Å². The van der Waals surface area contributed by atoms with Gasteiger partial charge in [0.2, 0.25) is 0 Å². The van der Waals surface area contributed by atoms with Crippen molar-refractivity contribution < 1.29 is 19.2 Å². The maximum Gasteiger partial charge on any atom is 0.311 e. The van der Waals surface area contributed by atoms with Crippen molar-refractivity contribution in [2.45, 2.75) is 46.5 Å². The molecule has 0 radical (unpaired) electrons. The summed E-state index contributed by atoms with van der Waals surface area (Å²) in [6.45, 7) is 10.4. The molecule has 1 aromatic rings. The molecule has 1 fully saturated rings. The van der Waals surface area contributed by atoms with E-state index in [4.69, 9.17) is 4.52 Å². The zero-order chi connectivity index (χ0) is 16.7. The summed E-state index contributed by atoms with van der Waals surface area (Å²) in [6, 6.07) is 1.65. The van der Waals surface area contributed by atoms with Crippen LogP contribution in [0.3, 0.4) is 0 Å². The number of carbonyl (C=O) groups excluding carboxylic acids is 1. The molecule has 1 atom stereocenters. The minimum Gasteiger partial charge on any atom is -0.481 e. The third kappa shape index (κ3) is 2.74. The summed E-state index contributed by atoms with van der Waals surface area (Å²) in [7, 11) is 0. The number of aliphatic carboxylic acids is 1. The Labute approximate surface area is 130 Å². The monoisotopic (exact) mass is 308 g/mol. The van der Waals surface area contributed by atoms with Crippen LogP contribution < -0.4 is 0 Å². The fraction of sp³-hybridized carbons (Fsp3) is 0.688. The highest BCUT2D eigenvalue weighted by molar-refractivity contribution is 5.93. The van der Waals surface area contributed by atoms with Gasteiger partial charge in [-0.05, 0) is 12.3 Å². The molecular weight excluding hydrogens is 284 g/mol. The van der Waals surface area contributed by atoms with Crippen LogP contribution in [0.25, 0.3) is 0 Å². The molecule has 1 aliphatic heterocycles. The quantitative estimate of drug-likeness (QED) is 0.927. The number of rotatable bonds is 3. The van der Waals surface area contributed by atoms with Gasteiger partial charge in [-0.2, -0.15) is 0 Å². The lowest BCUT2D eigenvalue weighted by molar-refractivity contribution is -0.150. The van der Waals surface area contributed by atoms with E-state index in [1.807, 2.05) is 34.6 Å². The van der Waals surface area contributed by atoms with Crippen molar-refractivity contribution >= 4 is 11.9 Å². The zero-order valence-corrected chi connectivity index (χ0v) is 13.8. The Balaban J connectivity index is 2.18. The van der Waals surface area contributed by atoms with E-state index in [9.17, 15) is 14.7 Å². The molecule has 1 aromatic heterocycles. The maximum atomic E-state index is 12.5. The van der Waals surface area contributed by atoms with Gasteiger partial charge in [-0.25, -0.2) is 0 Å². The number of amides is 1. The van der Waals surface area contributed by atoms with Gasteiger partial charge in [0.1, 0.15) is 5.76 Å². The van der Waals surface area contributed by atoms with Gasteiger partial charge in [0.15, 0.2) is 5.69 Å². The van der Waals surface area contributed by atoms with E-state index in [0.29, 0.717) is 18.7 Å². The van der Waals surface area contributed by atoms with Crippen LogP contribution in [0.4, 0.5) is 0 Å². The smallest absolute Gasteiger partial charge is 0.311 e. The Morgan fingerprint density at radius 2 is 2.05 bits per heavy atom. The third-order valence-electron chi connectivity index (χ3n) is 4.59. The number of hydrogen-bond donors (Lipinski definition) is 1. The van der Waals surface area contributed by atoms with E-state index in [-0.39, 0.29) is 29.5 Å². The summed E-state index contributed by atoms with van der Waals surface area (Å²) >= 11 is 0. The Bertz CT molecular complexity index is 585. The summed E-state index contributed by atoms with van der Waals surface area (Å²) in [5, 5.41) is 13.4. The van der Waals surface area contributed by atoms with Crippen LogP contribution in [0.15, 0.2) is 10.6 Å². The molecular formula is C16H24N2O4. The first-order valence-corrected chi connectivity index (χ1v) is 7.58. The highest BCUT2D eigenvalue weighted by Crippen LogP contribution is 2.38. The number of likely N-dealkylation sites (tertiary alicyclic amines) is 1. The van der Waals surface area contributed by atoms with Gasteiger partial charge in [0, 0.05) is 24.6 Å². The molecule has 22 heavy (non-hydrogen) atoms. The number of carbonyl (C=O) groups is 2. The second kappa shape index (κ2) is 5.41. The number of nitrogens with zero attached hydrogens (tertiary/aromatic N) is 2. The van der Waals surface area contributed by atoms with Crippen molar-refractivity contribution in [1.29, 1.82) is 0 Å². The first-order valence-electron chi connectivity index (χ1n) is 7.58. The molecule has 1 aliphatic rings. The topological polar surface area (TPSA) is 83.6 Å². The number of hydrogen-bond acceptors (Lipinski definition) is 4. The molecule has 1 amide bonds. The molecule has 6 nitrogen and oxygen atoms in total. The molecule has 1 N–H and O–H groups in total. The lowest BCUT2D eigenvalue weighted by atomic mass is 9.76. The number of carboxylic acid groups (broad SMARTS) is 1. The molecule has 0 bridgehead atoms. The van der Waals surface area contributed by atoms with E-state index in [1.54, 1.807) is 11.0 Å². The molecule has 122 valence electrons. The van der Waals surface area contributed by atoms with Gasteiger partial charge >= 0.3 is 5.97 Å². The summed E-state index contributed by atoms with van der Waals surface area (Å²) in [5.74, 6) is -0.495. The van der Waals surface area contributed by atoms with E-state index < -0.39 is 11.4 Å². The van der Waals surface area contributed by atoms with Crippen LogP contribution in [0.5, 0.6) is 0 Å². The first kappa shape index (κ1) is 16.5. The fourth-order valence-corrected chi connectivity index (χ4v) is 2.79. The van der Waals surface area contributed by atoms with Gasteiger partial charge in [0.05, 0.1) is 5.41 Å². The van der Waals surface area contributed by atoms with Crippen molar-refractivity contribution in [3.05, 3.63) is 17.5 Å². The molecule has 0 spiro atoms. The second-order valence-corrected chi connectivity index (χ2v) is 7.42. The minimum atomic E-state index is -0.869. The second-order valence-electron chi connectivity index (χ2n) is 7.42. The van der Waals surface area contributed by atoms with E-state index >= 15 is 0 Å². The molecule has 2 rings (SSSR count). The van der Waals surface area contributed by atoms with Crippen LogP contribution in [-0.2, 0) is 10.2 Å². The predicted molar refractivity (Wildman–Crippen MR) is 80.6 cm³/mol. The van der Waals surface area contributed by atoms with Crippen molar-refractivity contribution in [1.82, 2.24) is 10.1 Å². The van der Waals surface area contributed by atoms with Gasteiger partial charge in [-0.3, -0.25) is 9.59 Å². The zero-order valence-electron chi connectivity index (χ0n) is 13.8. The highest BCUT2D eigenvalue weighted by atomic mass is 16.5. The fourth-order valence-electron chi connectivity index (χ4n) is 2.79. The maximum absolute atomic E-state index is 12.5. The lowest BCUT2D eigenvalue weighted by Gasteiger charge is -2.28. The van der Waals surface area contributed by atoms with Gasteiger partial charge in [-0.1, -0.05) is 39.8 Å². The van der Waals surface area contributed by atoms with Crippen molar-refractivity contribution in [3.8, 4) is 0 Å². The summed E-state index contributed by atoms with van der Waals surface area (Å²) in [4.78, 5) is 25.7. The van der Waals surface area contributed by atoms with Crippen molar-refractivity contribution in [3.63, 3.8) is 0 Å². The summed E-state index contributed by atoms with van der Waals surface area (Å²) in [5.41, 5.74) is -0.846. The first-order chi connectivity index (χ1) is 10.1. The molecule has 0 aromatic carbocycles. The standard InChI is InChI=1S/C16H24N2O4/c1-10(2)16(14(20)21)6-7-18(9-16)13(19)11-8-12(22-17-11)15(3,4)5/h8,10H,6-7,9H2,1-5H3,(H,20,21). The lowest BCUT2D eigenvalue weighted by Crippen LogP contribution is -2.40. The Kier molecular flexibility index (Phi) is 4.06. The van der Waals surface area contributed by atoms with Crippen LogP contribution in [0.2, 0.25) is 0 Å². The Morgan fingerprint density at radius 1 is 1.41 bits per heavy atom. The molecule has 0 aliphatic carbocycles. The van der Waals surface area contributed by atoms with Crippen molar-refractivity contribution in [2.24, 2.45) is 11.3 Å². The molecule has 6 heteroatoms. The predicted octanol–water partition coefficient (Wildman–Crippen LogP) is 2.55. The van der Waals surface area contributed by atoms with Crippen LogP contribution in [0, 0.1) is 11.3 Å².